The molecule has 4 rings (SSSR count). The van der Waals surface area contributed by atoms with Crippen LogP contribution in [0, 0.1) is 0 Å². The minimum absolute atomic E-state index is 0.399. The van der Waals surface area contributed by atoms with Crippen molar-refractivity contribution in [2.75, 3.05) is 36.8 Å². The van der Waals surface area contributed by atoms with Gasteiger partial charge in [-0.15, -0.1) is 0 Å². The van der Waals surface area contributed by atoms with Crippen molar-refractivity contribution in [1.82, 2.24) is 10.6 Å². The number of amidine groups is 2. The van der Waals surface area contributed by atoms with E-state index in [1.165, 1.54) is 0 Å². The smallest absolute Gasteiger partial charge is 0.323 e. The Labute approximate surface area is 172 Å². The van der Waals surface area contributed by atoms with Crippen LogP contribution in [0.1, 0.15) is 11.1 Å². The minimum atomic E-state index is -0.399. The zero-order chi connectivity index (χ0) is 19.5. The van der Waals surface area contributed by atoms with Gasteiger partial charge < -0.3 is 21.3 Å². The number of amides is 2. The molecule has 7 nitrogen and oxygen atoms in total. The highest BCUT2D eigenvalue weighted by Crippen LogP contribution is 2.22. The normalized spacial score (nSPS) is 15.4. The third kappa shape index (κ3) is 4.37. The number of nitrogens with one attached hydrogen (secondary N) is 4. The first-order valence-electron chi connectivity index (χ1n) is 8.83. The van der Waals surface area contributed by atoms with Gasteiger partial charge in [-0.05, 0) is 36.4 Å². The Bertz CT molecular complexity index is 911. The lowest BCUT2D eigenvalue weighted by Gasteiger charge is -2.12. The summed E-state index contributed by atoms with van der Waals surface area (Å²) in [5.41, 5.74) is 2.80. The van der Waals surface area contributed by atoms with Crippen molar-refractivity contribution in [1.29, 1.82) is 0 Å². The van der Waals surface area contributed by atoms with Crippen LogP contribution in [0.3, 0.4) is 0 Å². The van der Waals surface area contributed by atoms with Crippen LogP contribution >= 0.6 is 23.2 Å². The largest absolute Gasteiger partial charge is 0.368 e. The predicted octanol–water partition coefficient (Wildman–Crippen LogP) is 3.34. The molecule has 4 N–H and O–H groups in total. The van der Waals surface area contributed by atoms with Crippen molar-refractivity contribution in [3.8, 4) is 0 Å². The lowest BCUT2D eigenvalue weighted by molar-refractivity contribution is 0.262. The van der Waals surface area contributed by atoms with Crippen LogP contribution in [0.25, 0.3) is 0 Å². The van der Waals surface area contributed by atoms with Gasteiger partial charge in [-0.3, -0.25) is 9.98 Å². The summed E-state index contributed by atoms with van der Waals surface area (Å²) < 4.78 is 0. The van der Waals surface area contributed by atoms with Gasteiger partial charge in [0.25, 0.3) is 0 Å². The fourth-order valence-electron chi connectivity index (χ4n) is 3.07. The SMILES string of the molecule is O=C(Nc1cc(Cl)cc(C2=NCCN2)c1)Nc1cc(Cl)cc(C2=NCCN2)c1. The number of hydrogen-bond donors (Lipinski definition) is 4. The molecule has 0 saturated heterocycles. The molecule has 0 atom stereocenters. The molecule has 0 unspecified atom stereocenters. The van der Waals surface area contributed by atoms with E-state index in [1.54, 1.807) is 24.3 Å². The quantitative estimate of drug-likeness (QED) is 0.615. The summed E-state index contributed by atoms with van der Waals surface area (Å²) in [7, 11) is 0. The number of halogens is 2. The molecule has 0 fully saturated rings. The zero-order valence-corrected chi connectivity index (χ0v) is 16.4. The maximum atomic E-state index is 12.5. The number of benzene rings is 2. The summed E-state index contributed by atoms with van der Waals surface area (Å²) >= 11 is 12.4. The Hall–Kier alpha value is -2.77. The standard InChI is InChI=1S/C19H18Cl2N6O/c20-13-5-11(17-22-1-2-23-17)7-15(9-13)26-19(28)27-16-8-12(6-14(21)10-16)18-24-3-4-25-18/h5-10H,1-4H2,(H,22,23)(H,24,25)(H2,26,27,28). The molecule has 2 amide bonds. The molecule has 9 heteroatoms. The average molecular weight is 417 g/mol. The van der Waals surface area contributed by atoms with Gasteiger partial charge in [-0.25, -0.2) is 4.79 Å². The first-order valence-corrected chi connectivity index (χ1v) is 9.59. The van der Waals surface area contributed by atoms with Gasteiger partial charge in [0.1, 0.15) is 11.7 Å². The van der Waals surface area contributed by atoms with Crippen LogP contribution in [-0.4, -0.2) is 43.9 Å². The topological polar surface area (TPSA) is 89.9 Å². The number of carbonyl (C=O) groups is 1. The van der Waals surface area contributed by atoms with E-state index in [0.29, 0.717) is 21.4 Å². The maximum Gasteiger partial charge on any atom is 0.323 e. The molecule has 2 aliphatic heterocycles. The van der Waals surface area contributed by atoms with E-state index in [1.807, 2.05) is 12.1 Å². The molecule has 0 bridgehead atoms. The number of rotatable bonds is 4. The molecule has 28 heavy (non-hydrogen) atoms. The average Bonchev–Trinajstić information content (AvgIpc) is 3.35. The summed E-state index contributed by atoms with van der Waals surface area (Å²) in [4.78, 5) is 21.2. The summed E-state index contributed by atoms with van der Waals surface area (Å²) in [6.45, 7) is 3.04. The van der Waals surface area contributed by atoms with Crippen molar-refractivity contribution in [2.24, 2.45) is 9.98 Å². The molecule has 0 aliphatic carbocycles. The van der Waals surface area contributed by atoms with Crippen LogP contribution < -0.4 is 21.3 Å². The molecule has 2 aliphatic rings. The lowest BCUT2D eigenvalue weighted by atomic mass is 10.1. The van der Waals surface area contributed by atoms with Crippen LogP contribution in [0.15, 0.2) is 46.4 Å². The molecule has 144 valence electrons. The Morgan fingerprint density at radius 2 is 1.25 bits per heavy atom. The molecule has 0 radical (unpaired) electrons. The van der Waals surface area contributed by atoms with Gasteiger partial charge in [-0.2, -0.15) is 0 Å². The first-order chi connectivity index (χ1) is 13.6. The number of nitrogens with zero attached hydrogens (tertiary/aromatic N) is 2. The summed E-state index contributed by atoms with van der Waals surface area (Å²) in [6, 6.07) is 10.2. The number of anilines is 2. The fourth-order valence-corrected chi connectivity index (χ4v) is 3.54. The minimum Gasteiger partial charge on any atom is -0.368 e. The third-order valence-electron chi connectivity index (χ3n) is 4.21. The van der Waals surface area contributed by atoms with Gasteiger partial charge >= 0.3 is 6.03 Å². The second-order valence-electron chi connectivity index (χ2n) is 6.35. The first kappa shape index (κ1) is 18.6. The molecule has 0 saturated carbocycles. The Morgan fingerprint density at radius 3 is 1.64 bits per heavy atom. The second kappa shape index (κ2) is 8.08. The van der Waals surface area contributed by atoms with Crippen LogP contribution in [0.5, 0.6) is 0 Å². The maximum absolute atomic E-state index is 12.5. The lowest BCUT2D eigenvalue weighted by Crippen LogP contribution is -2.22. The van der Waals surface area contributed by atoms with Crippen molar-refractivity contribution in [2.45, 2.75) is 0 Å². The van der Waals surface area contributed by atoms with Crippen molar-refractivity contribution in [3.05, 3.63) is 57.6 Å². The fraction of sp³-hybridized carbons (Fsp3) is 0.211. The molecular weight excluding hydrogens is 399 g/mol. The third-order valence-corrected chi connectivity index (χ3v) is 4.64. The number of urea groups is 1. The summed E-state index contributed by atoms with van der Waals surface area (Å²) in [5.74, 6) is 1.55. The van der Waals surface area contributed by atoms with Crippen molar-refractivity contribution < 1.29 is 4.79 Å². The van der Waals surface area contributed by atoms with Gasteiger partial charge in [0.15, 0.2) is 0 Å². The highest BCUT2D eigenvalue weighted by Gasteiger charge is 2.13. The molecule has 2 heterocycles. The van der Waals surface area contributed by atoms with Gasteiger partial charge in [0, 0.05) is 45.6 Å². The van der Waals surface area contributed by atoms with Crippen molar-refractivity contribution in [3.63, 3.8) is 0 Å². The summed E-state index contributed by atoms with van der Waals surface area (Å²) in [6.07, 6.45) is 0. The summed E-state index contributed by atoms with van der Waals surface area (Å²) in [5, 5.41) is 13.0. The Kier molecular flexibility index (Phi) is 5.36. The van der Waals surface area contributed by atoms with E-state index in [9.17, 15) is 4.79 Å². The molecule has 0 spiro atoms. The highest BCUT2D eigenvalue weighted by molar-refractivity contribution is 6.32. The predicted molar refractivity (Wildman–Crippen MR) is 114 cm³/mol. The molecule has 2 aromatic rings. The van der Waals surface area contributed by atoms with E-state index < -0.39 is 6.03 Å². The Balaban J connectivity index is 1.49. The molecular formula is C19H18Cl2N6O. The molecule has 2 aromatic carbocycles. The van der Waals surface area contributed by atoms with Crippen molar-refractivity contribution >= 4 is 52.3 Å². The van der Waals surface area contributed by atoms with Gasteiger partial charge in [0.2, 0.25) is 0 Å². The van der Waals surface area contributed by atoms with E-state index >= 15 is 0 Å². The Morgan fingerprint density at radius 1 is 0.786 bits per heavy atom. The monoisotopic (exact) mass is 416 g/mol. The van der Waals surface area contributed by atoms with E-state index in [0.717, 1.165) is 49.0 Å². The number of hydrogen-bond acceptors (Lipinski definition) is 5. The second-order valence-corrected chi connectivity index (χ2v) is 7.22. The van der Waals surface area contributed by atoms with Gasteiger partial charge in [0.05, 0.1) is 13.1 Å². The number of aliphatic imine (C=N–C) groups is 2. The zero-order valence-electron chi connectivity index (χ0n) is 14.9. The van der Waals surface area contributed by atoms with Gasteiger partial charge in [-0.1, -0.05) is 23.2 Å². The molecule has 0 aromatic heterocycles. The van der Waals surface area contributed by atoms with E-state index in [-0.39, 0.29) is 0 Å². The number of carbonyl (C=O) groups excluding carboxylic acids is 1. The van der Waals surface area contributed by atoms with Crippen LogP contribution in [-0.2, 0) is 0 Å². The van der Waals surface area contributed by atoms with Crippen LogP contribution in [0.2, 0.25) is 10.0 Å². The van der Waals surface area contributed by atoms with Crippen LogP contribution in [0.4, 0.5) is 16.2 Å². The highest BCUT2D eigenvalue weighted by atomic mass is 35.5. The van der Waals surface area contributed by atoms with E-state index in [4.69, 9.17) is 23.2 Å². The van der Waals surface area contributed by atoms with E-state index in [2.05, 4.69) is 31.3 Å².